The molecule has 0 nitrogen and oxygen atoms in total. The second-order valence-corrected chi connectivity index (χ2v) is 16.9. The molecule has 0 spiro atoms. The van der Waals surface area contributed by atoms with E-state index in [1.807, 2.05) is 93.6 Å². The molecule has 0 fully saturated rings. The zero-order valence-corrected chi connectivity index (χ0v) is 19.3. The number of rotatable bonds is 4. The first kappa shape index (κ1) is 21.0. The molecule has 5 heteroatoms. The van der Waals surface area contributed by atoms with Gasteiger partial charge in [-0.15, -0.1) is 0 Å². The molecule has 27 heavy (non-hydrogen) atoms. The summed E-state index contributed by atoms with van der Waals surface area (Å²) in [7, 11) is 0. The average Bonchev–Trinajstić information content (AvgIpc) is 2.63. The number of halogens is 4. The Morgan fingerprint density at radius 2 is 0.852 bits per heavy atom. The van der Waals surface area contributed by atoms with Crippen molar-refractivity contribution in [2.75, 3.05) is 0 Å². The van der Waals surface area contributed by atoms with E-state index >= 15 is 0 Å². The molecular weight excluding hydrogens is 437 g/mol. The van der Waals surface area contributed by atoms with Crippen LogP contribution in [0.15, 0.2) is 72.8 Å². The van der Waals surface area contributed by atoms with E-state index < -0.39 is 9.38 Å². The first-order chi connectivity index (χ1) is 12.6. The van der Waals surface area contributed by atoms with Gasteiger partial charge in [-0.1, -0.05) is 0 Å². The quantitative estimate of drug-likeness (QED) is 0.278. The molecule has 0 aliphatic carbocycles. The second kappa shape index (κ2) is 7.25. The summed E-state index contributed by atoms with van der Waals surface area (Å²) < 4.78 is -1.52. The Labute approximate surface area is 180 Å². The number of aryl methyl sites for hydroxylation is 3. The van der Waals surface area contributed by atoms with Gasteiger partial charge in [0.25, 0.3) is 0 Å². The van der Waals surface area contributed by atoms with Crippen LogP contribution in [0.1, 0.15) is 22.3 Å². The summed E-state index contributed by atoms with van der Waals surface area (Å²) in [5.41, 5.74) is 4.01. The van der Waals surface area contributed by atoms with Crippen LogP contribution in [0, 0.1) is 20.8 Å². The third kappa shape index (κ3) is 3.41. The monoisotopic (exact) mass is 456 g/mol. The Bertz CT molecular complexity index is 894. The van der Waals surface area contributed by atoms with Gasteiger partial charge in [0.05, 0.1) is 0 Å². The Morgan fingerprint density at radius 1 is 0.556 bits per heavy atom. The van der Waals surface area contributed by atoms with E-state index in [1.165, 1.54) is 0 Å². The van der Waals surface area contributed by atoms with Crippen LogP contribution in [0.4, 0.5) is 0 Å². The number of benzene rings is 3. The fourth-order valence-electron chi connectivity index (χ4n) is 3.07. The van der Waals surface area contributed by atoms with Crippen molar-refractivity contribution in [2.24, 2.45) is 0 Å². The van der Waals surface area contributed by atoms with E-state index in [-0.39, 0.29) is 0 Å². The molecule has 0 heterocycles. The van der Waals surface area contributed by atoms with Crippen LogP contribution in [0.2, 0.25) is 0 Å². The topological polar surface area (TPSA) is 0 Å². The molecule has 0 unspecified atom stereocenters. The number of hydrogen-bond acceptors (Lipinski definition) is 0. The molecule has 0 saturated heterocycles. The maximum atomic E-state index is 7.45. The molecule has 3 aromatic rings. The Balaban J connectivity index is 2.34. The molecule has 0 saturated carbocycles. The average molecular weight is 458 g/mol. The summed E-state index contributed by atoms with van der Waals surface area (Å²) in [5.74, 6) is 0. The van der Waals surface area contributed by atoms with Gasteiger partial charge in [0.15, 0.2) is 0 Å². The Hall–Kier alpha value is -0.750. The van der Waals surface area contributed by atoms with Crippen molar-refractivity contribution in [3.63, 3.8) is 0 Å². The molecule has 0 aliphatic heterocycles. The summed E-state index contributed by atoms with van der Waals surface area (Å²) >= 11 is 29.0. The summed E-state index contributed by atoms with van der Waals surface area (Å²) in [5, 5.41) is -2.59. The minimum atomic E-state index is -4.07. The number of hydrogen-bond donors (Lipinski definition) is 0. The van der Waals surface area contributed by atoms with E-state index in [1.54, 1.807) is 0 Å². The zero-order valence-electron chi connectivity index (χ0n) is 15.4. The fraction of sp³-hybridized carbons (Fsp3) is 0.182. The van der Waals surface area contributed by atoms with E-state index in [4.69, 9.17) is 45.7 Å². The van der Waals surface area contributed by atoms with Gasteiger partial charge >= 0.3 is 181 Å². The Morgan fingerprint density at radius 3 is 1.19 bits per heavy atom. The third-order valence-electron chi connectivity index (χ3n) is 4.87. The molecule has 0 N–H and O–H groups in total. The molecule has 0 aliphatic rings. The van der Waals surface area contributed by atoms with Crippen molar-refractivity contribution in [1.29, 1.82) is 0 Å². The standard InChI is InChI=1S/C22H21Cl4P/c1-16-4-10-19(11-5-16)22(23,24)27(25,26,20-12-6-17(2)7-13-20)21-14-8-18(3)9-15-21/h4-15H,1-3H3. The first-order valence-corrected chi connectivity index (χ1v) is 13.4. The summed E-state index contributed by atoms with van der Waals surface area (Å²) in [6, 6.07) is 23.4. The van der Waals surface area contributed by atoms with Crippen molar-refractivity contribution in [3.05, 3.63) is 95.1 Å². The predicted octanol–water partition coefficient (Wildman–Crippen LogP) is 7.71. The fourth-order valence-corrected chi connectivity index (χ4v) is 9.32. The van der Waals surface area contributed by atoms with Crippen LogP contribution in [0.5, 0.6) is 0 Å². The minimum absolute atomic E-state index is 0.681. The van der Waals surface area contributed by atoms with Crippen LogP contribution in [0.25, 0.3) is 0 Å². The van der Waals surface area contributed by atoms with Gasteiger partial charge in [-0.2, -0.15) is 0 Å². The van der Waals surface area contributed by atoms with Crippen molar-refractivity contribution in [3.8, 4) is 0 Å². The van der Waals surface area contributed by atoms with Gasteiger partial charge in [-0.05, 0) is 0 Å². The first-order valence-electron chi connectivity index (χ1n) is 8.60. The maximum absolute atomic E-state index is 7.45. The van der Waals surface area contributed by atoms with Crippen LogP contribution in [0.3, 0.4) is 0 Å². The third-order valence-corrected chi connectivity index (χ3v) is 15.9. The van der Waals surface area contributed by atoms with Crippen molar-refractivity contribution in [2.45, 2.75) is 24.8 Å². The molecular formula is C22H21Cl4P. The molecule has 3 aromatic carbocycles. The Kier molecular flexibility index (Phi) is 5.63. The number of alkyl halides is 2. The van der Waals surface area contributed by atoms with Crippen molar-refractivity contribution < 1.29 is 0 Å². The zero-order chi connectivity index (χ0) is 19.9. The van der Waals surface area contributed by atoms with E-state index in [0.29, 0.717) is 5.56 Å². The SMILES string of the molecule is Cc1ccc(C(Cl)(Cl)P(Cl)(Cl)(c2ccc(C)cc2)c2ccc(C)cc2)cc1. The van der Waals surface area contributed by atoms with Gasteiger partial charge in [0.2, 0.25) is 0 Å². The van der Waals surface area contributed by atoms with Crippen LogP contribution < -0.4 is 10.6 Å². The molecule has 0 amide bonds. The molecule has 0 atom stereocenters. The van der Waals surface area contributed by atoms with Gasteiger partial charge < -0.3 is 0 Å². The molecule has 0 aromatic heterocycles. The molecule has 0 radical (unpaired) electrons. The van der Waals surface area contributed by atoms with E-state index in [9.17, 15) is 0 Å². The summed E-state index contributed by atoms with van der Waals surface area (Å²) in [6.45, 7) is 6.04. The summed E-state index contributed by atoms with van der Waals surface area (Å²) in [4.78, 5) is 0. The van der Waals surface area contributed by atoms with Gasteiger partial charge in [0.1, 0.15) is 0 Å². The molecule has 142 valence electrons. The molecule has 0 bridgehead atoms. The van der Waals surface area contributed by atoms with Crippen molar-refractivity contribution in [1.82, 2.24) is 0 Å². The van der Waals surface area contributed by atoms with Crippen molar-refractivity contribution >= 4 is 61.6 Å². The van der Waals surface area contributed by atoms with Gasteiger partial charge in [0, 0.05) is 0 Å². The van der Waals surface area contributed by atoms with Crippen LogP contribution in [-0.2, 0) is 4.07 Å². The predicted molar refractivity (Wildman–Crippen MR) is 125 cm³/mol. The summed E-state index contributed by atoms with van der Waals surface area (Å²) in [6.07, 6.45) is 0. The second-order valence-electron chi connectivity index (χ2n) is 6.98. The van der Waals surface area contributed by atoms with Crippen LogP contribution >= 0.6 is 51.0 Å². The molecule has 3 rings (SSSR count). The van der Waals surface area contributed by atoms with E-state index in [0.717, 1.165) is 27.3 Å². The van der Waals surface area contributed by atoms with Gasteiger partial charge in [-0.3, -0.25) is 0 Å². The normalized spacial score (nSPS) is 13.8. The van der Waals surface area contributed by atoms with Gasteiger partial charge in [-0.25, -0.2) is 0 Å². The van der Waals surface area contributed by atoms with Crippen LogP contribution in [-0.4, -0.2) is 0 Å². The van der Waals surface area contributed by atoms with E-state index in [2.05, 4.69) is 0 Å².